The van der Waals surface area contributed by atoms with Crippen molar-refractivity contribution in [2.75, 3.05) is 0 Å². The number of hydrogen-bond donors (Lipinski definition) is 1. The molecule has 0 bridgehead atoms. The minimum Gasteiger partial charge on any atom is -0.440 e. The molecule has 1 aromatic rings. The van der Waals surface area contributed by atoms with Gasteiger partial charge in [-0.15, -0.1) is 0 Å². The summed E-state index contributed by atoms with van der Waals surface area (Å²) in [6.45, 7) is 5.62. The van der Waals surface area contributed by atoms with Crippen molar-refractivity contribution in [2.45, 2.75) is 44.2 Å². The Labute approximate surface area is 135 Å². The molecular weight excluding hydrogens is 320 g/mol. The molecular formula is C14H20N4O4S. The van der Waals surface area contributed by atoms with Crippen molar-refractivity contribution in [3.63, 3.8) is 0 Å². The molecule has 23 heavy (non-hydrogen) atoms. The van der Waals surface area contributed by atoms with Crippen LogP contribution in [0.15, 0.2) is 33.7 Å². The third-order valence-corrected chi connectivity index (χ3v) is 4.93. The Morgan fingerprint density at radius 1 is 1.48 bits per heavy atom. The number of nitrogens with zero attached hydrogens (tertiary/aromatic N) is 3. The van der Waals surface area contributed by atoms with E-state index in [9.17, 15) is 13.2 Å². The van der Waals surface area contributed by atoms with Gasteiger partial charge in [0.2, 0.25) is 0 Å². The Morgan fingerprint density at radius 3 is 2.65 bits per heavy atom. The van der Waals surface area contributed by atoms with Crippen molar-refractivity contribution in [1.29, 1.82) is 0 Å². The molecule has 1 rings (SSSR count). The monoisotopic (exact) mass is 340 g/mol. The zero-order valence-corrected chi connectivity index (χ0v) is 14.1. The molecule has 0 aliphatic carbocycles. The van der Waals surface area contributed by atoms with Gasteiger partial charge in [-0.05, 0) is 36.6 Å². The molecule has 2 N–H and O–H groups in total. The number of rotatable bonds is 7. The number of sulfonamides is 1. The molecule has 126 valence electrons. The van der Waals surface area contributed by atoms with Gasteiger partial charge in [0.25, 0.3) is 10.0 Å². The van der Waals surface area contributed by atoms with Crippen molar-refractivity contribution in [3.8, 4) is 0 Å². The summed E-state index contributed by atoms with van der Waals surface area (Å²) in [6, 6.07) is 5.10. The van der Waals surface area contributed by atoms with E-state index >= 15 is 0 Å². The number of hydrogen-bond acceptors (Lipinski definition) is 5. The van der Waals surface area contributed by atoms with Crippen LogP contribution in [0.2, 0.25) is 0 Å². The van der Waals surface area contributed by atoms with Crippen molar-refractivity contribution in [2.24, 2.45) is 16.2 Å². The predicted molar refractivity (Wildman–Crippen MR) is 84.9 cm³/mol. The van der Waals surface area contributed by atoms with Gasteiger partial charge in [0, 0.05) is 15.3 Å². The Morgan fingerprint density at radius 2 is 2.13 bits per heavy atom. The molecule has 0 radical (unpaired) electrons. The molecule has 0 amide bonds. The van der Waals surface area contributed by atoms with Crippen molar-refractivity contribution >= 4 is 16.0 Å². The molecule has 0 aliphatic rings. The summed E-state index contributed by atoms with van der Waals surface area (Å²) in [6.07, 6.45) is 1.15. The Balaban J connectivity index is 3.13. The first kappa shape index (κ1) is 19.0. The van der Waals surface area contributed by atoms with E-state index < -0.39 is 21.7 Å². The van der Waals surface area contributed by atoms with Gasteiger partial charge >= 0.3 is 5.97 Å². The molecule has 0 aromatic heterocycles. The molecule has 0 saturated carbocycles. The summed E-state index contributed by atoms with van der Waals surface area (Å²) < 4.78 is 31.5. The van der Waals surface area contributed by atoms with Crippen LogP contribution in [0.4, 0.5) is 0 Å². The fourth-order valence-corrected chi connectivity index (χ4v) is 2.69. The number of carbonyl (C=O) groups is 1. The third-order valence-electron chi connectivity index (χ3n) is 3.79. The van der Waals surface area contributed by atoms with E-state index in [-0.39, 0.29) is 16.4 Å². The highest BCUT2D eigenvalue weighted by molar-refractivity contribution is 7.90. The van der Waals surface area contributed by atoms with Crippen molar-refractivity contribution in [3.05, 3.63) is 40.3 Å². The first-order chi connectivity index (χ1) is 10.7. The average molecular weight is 340 g/mol. The van der Waals surface area contributed by atoms with E-state index in [1.54, 1.807) is 0 Å². The van der Waals surface area contributed by atoms with Gasteiger partial charge in [-0.1, -0.05) is 26.8 Å². The fourth-order valence-electron chi connectivity index (χ4n) is 1.98. The van der Waals surface area contributed by atoms with Crippen LogP contribution >= 0.6 is 0 Å². The van der Waals surface area contributed by atoms with Gasteiger partial charge < -0.3 is 4.74 Å². The summed E-state index contributed by atoms with van der Waals surface area (Å²) in [5.74, 6) is -0.792. The van der Waals surface area contributed by atoms with E-state index in [0.717, 1.165) is 12.5 Å². The maximum atomic E-state index is 12.3. The second-order valence-corrected chi connectivity index (χ2v) is 6.77. The zero-order valence-electron chi connectivity index (χ0n) is 13.3. The van der Waals surface area contributed by atoms with Crippen LogP contribution in [0.1, 0.15) is 44.0 Å². The molecule has 0 saturated heterocycles. The number of carbonyl (C=O) groups excluding carboxylic acids is 1. The lowest BCUT2D eigenvalue weighted by Crippen LogP contribution is -2.49. The van der Waals surface area contributed by atoms with Crippen molar-refractivity contribution in [1.82, 2.24) is 0 Å². The predicted octanol–water partition coefficient (Wildman–Crippen LogP) is 2.95. The first-order valence-corrected chi connectivity index (χ1v) is 8.57. The molecule has 8 nitrogen and oxygen atoms in total. The van der Waals surface area contributed by atoms with E-state index in [0.29, 0.717) is 6.42 Å². The van der Waals surface area contributed by atoms with Gasteiger partial charge in [-0.2, -0.15) is 0 Å². The third kappa shape index (κ3) is 4.44. The molecule has 0 aliphatic heterocycles. The van der Waals surface area contributed by atoms with Crippen LogP contribution in [0.3, 0.4) is 0 Å². The standard InChI is InChI=1S/C14H20N4O4S/c1-4-10(3)14(15,5-2)22-13(19)11-7-6-8-12(9-11)23(20,21)18-17-16/h6-10H,4-5,15H2,1-3H3. The van der Waals surface area contributed by atoms with Gasteiger partial charge in [0.15, 0.2) is 5.72 Å². The van der Waals surface area contributed by atoms with E-state index in [1.807, 2.05) is 20.8 Å². The smallest absolute Gasteiger partial charge is 0.339 e. The number of nitrogens with two attached hydrogens (primary N) is 1. The quantitative estimate of drug-likeness (QED) is 0.267. The molecule has 1 aromatic carbocycles. The van der Waals surface area contributed by atoms with E-state index in [1.165, 1.54) is 18.2 Å². The summed E-state index contributed by atoms with van der Waals surface area (Å²) >= 11 is 0. The number of ether oxygens (including phenoxy) is 1. The lowest BCUT2D eigenvalue weighted by molar-refractivity contribution is -0.0475. The number of azide groups is 1. The van der Waals surface area contributed by atoms with Crippen LogP contribution in [0.25, 0.3) is 10.4 Å². The number of benzene rings is 1. The summed E-state index contributed by atoms with van der Waals surface area (Å²) in [4.78, 5) is 14.3. The molecule has 0 fully saturated rings. The molecule has 2 atom stereocenters. The van der Waals surface area contributed by atoms with Crippen LogP contribution in [-0.4, -0.2) is 20.1 Å². The topological polar surface area (TPSA) is 135 Å². The normalized spacial score (nSPS) is 15.1. The van der Waals surface area contributed by atoms with Crippen molar-refractivity contribution < 1.29 is 17.9 Å². The lowest BCUT2D eigenvalue weighted by Gasteiger charge is -2.33. The molecule has 0 spiro atoms. The maximum Gasteiger partial charge on any atom is 0.339 e. The molecule has 2 unspecified atom stereocenters. The number of esters is 1. The van der Waals surface area contributed by atoms with Gasteiger partial charge in [0.05, 0.1) is 10.5 Å². The van der Waals surface area contributed by atoms with Gasteiger partial charge in [0.1, 0.15) is 0 Å². The highest BCUT2D eigenvalue weighted by Crippen LogP contribution is 2.25. The Kier molecular flexibility index (Phi) is 6.14. The Bertz CT molecular complexity index is 728. The summed E-state index contributed by atoms with van der Waals surface area (Å²) in [7, 11) is -4.17. The second-order valence-electron chi connectivity index (χ2n) is 5.18. The maximum absolute atomic E-state index is 12.3. The largest absolute Gasteiger partial charge is 0.440 e. The average Bonchev–Trinajstić information content (AvgIpc) is 2.53. The van der Waals surface area contributed by atoms with E-state index in [4.69, 9.17) is 16.0 Å². The van der Waals surface area contributed by atoms with Crippen LogP contribution < -0.4 is 5.73 Å². The molecule has 0 heterocycles. The fraction of sp³-hybridized carbons (Fsp3) is 0.500. The van der Waals surface area contributed by atoms with Gasteiger partial charge in [-0.25, -0.2) is 13.2 Å². The zero-order chi connectivity index (χ0) is 17.7. The highest BCUT2D eigenvalue weighted by atomic mass is 32.2. The van der Waals surface area contributed by atoms with Crippen LogP contribution in [0.5, 0.6) is 0 Å². The summed E-state index contributed by atoms with van der Waals surface area (Å²) in [5.41, 5.74) is 13.3. The first-order valence-electron chi connectivity index (χ1n) is 7.13. The second kappa shape index (κ2) is 7.45. The highest BCUT2D eigenvalue weighted by Gasteiger charge is 2.33. The minimum absolute atomic E-state index is 0.0193. The lowest BCUT2D eigenvalue weighted by atomic mass is 9.93. The SMILES string of the molecule is CCC(C)C(N)(CC)OC(=O)c1cccc(S(=O)(=O)N=[N+]=[N-])c1. The van der Waals surface area contributed by atoms with Gasteiger partial charge in [-0.3, -0.25) is 5.73 Å². The van der Waals surface area contributed by atoms with Crippen LogP contribution in [0, 0.1) is 5.92 Å². The molecule has 9 heteroatoms. The Hall–Kier alpha value is -2.09. The minimum atomic E-state index is -4.17. The summed E-state index contributed by atoms with van der Waals surface area (Å²) in [5, 5.41) is 0. The van der Waals surface area contributed by atoms with Crippen LogP contribution in [-0.2, 0) is 14.8 Å². The van der Waals surface area contributed by atoms with E-state index in [2.05, 4.69) is 9.43 Å².